The molecule has 2 aromatic rings. The molecule has 0 radical (unpaired) electrons. The minimum Gasteiger partial charge on any atom is -0.478 e. The van der Waals surface area contributed by atoms with E-state index in [1.165, 1.54) is 12.4 Å². The summed E-state index contributed by atoms with van der Waals surface area (Å²) in [4.78, 5) is 29.2. The lowest BCUT2D eigenvalue weighted by atomic mass is 10.2. The van der Waals surface area contributed by atoms with Gasteiger partial charge in [0, 0.05) is 9.37 Å². The van der Waals surface area contributed by atoms with Crippen LogP contribution in [0.1, 0.15) is 10.4 Å². The summed E-state index contributed by atoms with van der Waals surface area (Å²) in [5.74, 6) is -1.06. The van der Waals surface area contributed by atoms with Gasteiger partial charge in [-0.05, 0) is 18.2 Å². The average Bonchev–Trinajstić information content (AvgIpc) is 2.35. The van der Waals surface area contributed by atoms with E-state index < -0.39 is 11.5 Å². The molecule has 0 saturated carbocycles. The molecule has 8 heteroatoms. The molecule has 0 aliphatic carbocycles. The minimum absolute atomic E-state index is 0.0659. The van der Waals surface area contributed by atoms with E-state index in [0.717, 1.165) is 16.2 Å². The molecule has 2 N–H and O–H groups in total. The Kier molecular flexibility index (Phi) is 4.28. The summed E-state index contributed by atoms with van der Waals surface area (Å²) in [6.07, 6.45) is 1.22. The van der Waals surface area contributed by atoms with Crippen LogP contribution >= 0.6 is 39.3 Å². The average molecular weight is 362 g/mol. The highest BCUT2D eigenvalue weighted by Gasteiger charge is 2.15. The number of aromatic amines is 1. The molecular weight excluding hydrogens is 356 g/mol. The first-order valence-corrected chi connectivity index (χ1v) is 6.91. The van der Waals surface area contributed by atoms with Crippen LogP contribution in [0.4, 0.5) is 0 Å². The number of carboxylic acid groups (broad SMARTS) is 1. The number of benzene rings is 1. The van der Waals surface area contributed by atoms with E-state index in [-0.39, 0.29) is 15.6 Å². The van der Waals surface area contributed by atoms with Gasteiger partial charge in [0.1, 0.15) is 10.0 Å². The Morgan fingerprint density at radius 3 is 2.89 bits per heavy atom. The summed E-state index contributed by atoms with van der Waals surface area (Å²) in [5.41, 5.74) is -0.350. The number of aromatic nitrogens is 2. The summed E-state index contributed by atoms with van der Waals surface area (Å²) < 4.78 is 0.723. The van der Waals surface area contributed by atoms with Crippen molar-refractivity contribution in [2.45, 2.75) is 9.92 Å². The van der Waals surface area contributed by atoms with Crippen LogP contribution in [-0.2, 0) is 0 Å². The molecule has 0 fully saturated rings. The number of nitrogens with one attached hydrogen (secondary N) is 1. The molecule has 0 unspecified atom stereocenters. The lowest BCUT2D eigenvalue weighted by molar-refractivity contribution is 0.0693. The normalized spacial score (nSPS) is 10.4. The van der Waals surface area contributed by atoms with Crippen molar-refractivity contribution in [3.63, 3.8) is 0 Å². The highest BCUT2D eigenvalue weighted by molar-refractivity contribution is 9.10. The number of carbonyl (C=O) groups is 1. The van der Waals surface area contributed by atoms with Crippen molar-refractivity contribution in [2.24, 2.45) is 0 Å². The molecule has 19 heavy (non-hydrogen) atoms. The number of H-pyrrole nitrogens is 1. The molecule has 0 amide bonds. The first-order valence-electron chi connectivity index (χ1n) is 4.93. The Balaban J connectivity index is 2.48. The van der Waals surface area contributed by atoms with Gasteiger partial charge in [-0.25, -0.2) is 9.78 Å². The summed E-state index contributed by atoms with van der Waals surface area (Å²) in [6.45, 7) is 0. The van der Waals surface area contributed by atoms with E-state index in [9.17, 15) is 9.59 Å². The summed E-state index contributed by atoms with van der Waals surface area (Å²) in [6, 6.07) is 4.73. The van der Waals surface area contributed by atoms with E-state index in [1.54, 1.807) is 12.1 Å². The van der Waals surface area contributed by atoms with Crippen molar-refractivity contribution < 1.29 is 9.90 Å². The third kappa shape index (κ3) is 3.17. The Labute approximate surface area is 125 Å². The number of hydrogen-bond donors (Lipinski definition) is 2. The van der Waals surface area contributed by atoms with E-state index in [0.29, 0.717) is 4.90 Å². The predicted octanol–water partition coefficient (Wildman–Crippen LogP) is 3.04. The number of carboxylic acids is 1. The second kappa shape index (κ2) is 5.77. The molecule has 1 aromatic carbocycles. The summed E-state index contributed by atoms with van der Waals surface area (Å²) in [5, 5.41) is 9.30. The molecule has 0 saturated heterocycles. The van der Waals surface area contributed by atoms with Crippen LogP contribution < -0.4 is 5.56 Å². The van der Waals surface area contributed by atoms with Gasteiger partial charge in [-0.1, -0.05) is 39.3 Å². The highest BCUT2D eigenvalue weighted by atomic mass is 79.9. The minimum atomic E-state index is -1.06. The number of aromatic carboxylic acids is 1. The van der Waals surface area contributed by atoms with E-state index >= 15 is 0 Å². The van der Waals surface area contributed by atoms with E-state index in [1.807, 2.05) is 0 Å². The maximum atomic E-state index is 11.3. The van der Waals surface area contributed by atoms with E-state index in [2.05, 4.69) is 25.9 Å². The van der Waals surface area contributed by atoms with Crippen molar-refractivity contribution in [3.05, 3.63) is 49.9 Å². The van der Waals surface area contributed by atoms with Gasteiger partial charge in [0.25, 0.3) is 5.56 Å². The molecule has 5 nitrogen and oxygen atoms in total. The fourth-order valence-corrected chi connectivity index (χ4v) is 2.98. The molecule has 1 heterocycles. The first kappa shape index (κ1) is 14.1. The Morgan fingerprint density at radius 2 is 2.21 bits per heavy atom. The van der Waals surface area contributed by atoms with Gasteiger partial charge in [-0.3, -0.25) is 4.79 Å². The molecule has 2 rings (SSSR count). The van der Waals surface area contributed by atoms with Crippen LogP contribution in [0.5, 0.6) is 0 Å². The topological polar surface area (TPSA) is 83.0 Å². The van der Waals surface area contributed by atoms with Gasteiger partial charge in [0.15, 0.2) is 0 Å². The molecule has 0 bridgehead atoms. The summed E-state index contributed by atoms with van der Waals surface area (Å²) in [7, 11) is 0. The number of halogens is 2. The molecule has 0 aliphatic rings. The van der Waals surface area contributed by atoms with Crippen molar-refractivity contribution in [1.82, 2.24) is 9.97 Å². The first-order chi connectivity index (χ1) is 8.99. The maximum Gasteiger partial charge on any atom is 0.336 e. The fraction of sp³-hybridized carbons (Fsp3) is 0. The standard InChI is InChI=1S/C11H6BrClN2O3S/c12-5-1-2-6(11(17)18)7(3-5)19-10-8(13)9(16)14-4-15-10/h1-4H,(H,17,18)(H,14,15,16). The third-order valence-corrected chi connectivity index (χ3v) is 4.16. The lowest BCUT2D eigenvalue weighted by Gasteiger charge is -2.06. The van der Waals surface area contributed by atoms with E-state index in [4.69, 9.17) is 16.7 Å². The largest absolute Gasteiger partial charge is 0.478 e. The maximum absolute atomic E-state index is 11.3. The van der Waals surface area contributed by atoms with Crippen LogP contribution in [0.15, 0.2) is 43.7 Å². The van der Waals surface area contributed by atoms with Crippen LogP contribution in [-0.4, -0.2) is 21.0 Å². The van der Waals surface area contributed by atoms with Crippen LogP contribution in [0.2, 0.25) is 5.02 Å². The zero-order chi connectivity index (χ0) is 14.0. The van der Waals surface area contributed by atoms with Crippen molar-refractivity contribution in [2.75, 3.05) is 0 Å². The second-order valence-corrected chi connectivity index (χ2v) is 5.72. The number of hydrogen-bond acceptors (Lipinski definition) is 4. The Hall–Kier alpha value is -1.31. The zero-order valence-corrected chi connectivity index (χ0v) is 12.3. The summed E-state index contributed by atoms with van der Waals surface area (Å²) >= 11 is 10.1. The Bertz CT molecular complexity index is 705. The van der Waals surface area contributed by atoms with Gasteiger partial charge < -0.3 is 10.1 Å². The zero-order valence-electron chi connectivity index (χ0n) is 9.18. The third-order valence-electron chi connectivity index (χ3n) is 2.15. The monoisotopic (exact) mass is 360 g/mol. The van der Waals surface area contributed by atoms with Crippen molar-refractivity contribution in [1.29, 1.82) is 0 Å². The smallest absolute Gasteiger partial charge is 0.336 e. The van der Waals surface area contributed by atoms with Crippen LogP contribution in [0, 0.1) is 0 Å². The van der Waals surface area contributed by atoms with Crippen LogP contribution in [0.25, 0.3) is 0 Å². The molecule has 0 spiro atoms. The van der Waals surface area contributed by atoms with Gasteiger partial charge >= 0.3 is 5.97 Å². The lowest BCUT2D eigenvalue weighted by Crippen LogP contribution is -2.07. The quantitative estimate of drug-likeness (QED) is 0.821. The Morgan fingerprint density at radius 1 is 1.47 bits per heavy atom. The molecule has 1 aromatic heterocycles. The van der Waals surface area contributed by atoms with Gasteiger partial charge in [0.05, 0.1) is 11.9 Å². The van der Waals surface area contributed by atoms with Gasteiger partial charge in [-0.15, -0.1) is 0 Å². The fourth-order valence-electron chi connectivity index (χ4n) is 1.30. The molecule has 0 aliphatic heterocycles. The van der Waals surface area contributed by atoms with Crippen molar-refractivity contribution >= 4 is 45.3 Å². The van der Waals surface area contributed by atoms with Gasteiger partial charge in [0.2, 0.25) is 0 Å². The second-order valence-electron chi connectivity index (χ2n) is 3.40. The SMILES string of the molecule is O=C(O)c1ccc(Br)cc1Sc1nc[nH]c(=O)c1Cl. The molecule has 0 atom stereocenters. The number of rotatable bonds is 3. The van der Waals surface area contributed by atoms with Crippen LogP contribution in [0.3, 0.4) is 0 Å². The highest BCUT2D eigenvalue weighted by Crippen LogP contribution is 2.33. The van der Waals surface area contributed by atoms with Crippen molar-refractivity contribution in [3.8, 4) is 0 Å². The van der Waals surface area contributed by atoms with Gasteiger partial charge in [-0.2, -0.15) is 0 Å². The molecule has 98 valence electrons. The number of nitrogens with zero attached hydrogens (tertiary/aromatic N) is 1. The molecular formula is C11H6BrClN2O3S. The predicted molar refractivity (Wildman–Crippen MR) is 75.1 cm³/mol.